The zero-order chi connectivity index (χ0) is 23.8. The maximum absolute atomic E-state index is 13.5. The lowest BCUT2D eigenvalue weighted by molar-refractivity contribution is -0.159. The van der Waals surface area contributed by atoms with E-state index < -0.39 is 18.4 Å². The number of halogens is 3. The Balaban J connectivity index is 1.51. The van der Waals surface area contributed by atoms with Crippen molar-refractivity contribution in [1.29, 1.82) is 5.26 Å². The lowest BCUT2D eigenvalue weighted by Crippen LogP contribution is -2.52. The van der Waals surface area contributed by atoms with Crippen LogP contribution < -0.4 is 21.4 Å². The van der Waals surface area contributed by atoms with Crippen molar-refractivity contribution in [1.82, 2.24) is 21.1 Å². The Hall–Kier alpha value is -2.35. The van der Waals surface area contributed by atoms with Crippen LogP contribution in [-0.2, 0) is 4.79 Å². The van der Waals surface area contributed by atoms with Crippen LogP contribution in [0.15, 0.2) is 24.3 Å². The van der Waals surface area contributed by atoms with Crippen LogP contribution in [0.3, 0.4) is 0 Å². The van der Waals surface area contributed by atoms with Crippen molar-refractivity contribution in [3.8, 4) is 6.07 Å². The van der Waals surface area contributed by atoms with Gasteiger partial charge in [-0.1, -0.05) is 26.0 Å². The Morgan fingerprint density at radius 3 is 2.48 bits per heavy atom. The minimum atomic E-state index is -4.40. The van der Waals surface area contributed by atoms with E-state index in [9.17, 15) is 23.2 Å². The molecule has 2 heterocycles. The average Bonchev–Trinajstić information content (AvgIpc) is 3.52. The second-order valence-corrected chi connectivity index (χ2v) is 9.52. The van der Waals surface area contributed by atoms with E-state index in [1.165, 1.54) is 12.1 Å². The maximum atomic E-state index is 13.5. The molecule has 2 aliphatic heterocycles. The standard InChI is InChI=1S/C23H31F3N6O/c1-13(2)29-20(23(24,25)26)15-5-7-16(8-6-15)30-21-19-18(10-12-28-22(19)33)32(31-21)17(9-11-27)14-3-4-14/h5-8,13-14,17-21,29-31H,3-4,9-10,12H2,1-2H3,(H,28,33)/t17-,18?,19?,20?,21?/m0/s1. The molecule has 0 radical (unpaired) electrons. The third-order valence-corrected chi connectivity index (χ3v) is 6.68. The molecule has 4 unspecified atom stereocenters. The highest BCUT2D eigenvalue weighted by Gasteiger charge is 2.52. The number of carbonyl (C=O) groups is 1. The molecule has 1 aromatic rings. The van der Waals surface area contributed by atoms with Gasteiger partial charge in [-0.3, -0.25) is 4.79 Å². The lowest BCUT2D eigenvalue weighted by atomic mass is 9.90. The van der Waals surface area contributed by atoms with Crippen LogP contribution in [0.5, 0.6) is 0 Å². The predicted octanol–water partition coefficient (Wildman–Crippen LogP) is 3.04. The second-order valence-electron chi connectivity index (χ2n) is 9.52. The Labute approximate surface area is 192 Å². The van der Waals surface area contributed by atoms with Gasteiger partial charge in [0.05, 0.1) is 18.4 Å². The smallest absolute Gasteiger partial charge is 0.368 e. The van der Waals surface area contributed by atoms with Gasteiger partial charge in [-0.05, 0) is 42.9 Å². The number of amides is 1. The van der Waals surface area contributed by atoms with Gasteiger partial charge in [0.25, 0.3) is 0 Å². The number of benzene rings is 1. The molecule has 4 rings (SSSR count). The van der Waals surface area contributed by atoms with Crippen LogP contribution in [0, 0.1) is 23.2 Å². The van der Waals surface area contributed by atoms with E-state index in [-0.39, 0.29) is 35.5 Å². The van der Waals surface area contributed by atoms with Gasteiger partial charge >= 0.3 is 6.18 Å². The zero-order valence-electron chi connectivity index (χ0n) is 18.8. The molecule has 1 aliphatic carbocycles. The average molecular weight is 465 g/mol. The number of nitriles is 1. The summed E-state index contributed by atoms with van der Waals surface area (Å²) in [7, 11) is 0. The van der Waals surface area contributed by atoms with Crippen molar-refractivity contribution in [2.24, 2.45) is 11.8 Å². The van der Waals surface area contributed by atoms with Gasteiger partial charge in [0.15, 0.2) is 0 Å². The minimum absolute atomic E-state index is 0.0284. The van der Waals surface area contributed by atoms with Crippen molar-refractivity contribution in [3.63, 3.8) is 0 Å². The molecule has 2 saturated heterocycles. The molecular formula is C23H31F3N6O. The number of piperidine rings is 1. The summed E-state index contributed by atoms with van der Waals surface area (Å²) in [6, 6.07) is 6.39. The van der Waals surface area contributed by atoms with Gasteiger partial charge < -0.3 is 16.0 Å². The number of alkyl halides is 3. The van der Waals surface area contributed by atoms with Crippen LogP contribution in [0.2, 0.25) is 0 Å². The maximum Gasteiger partial charge on any atom is 0.407 e. The van der Waals surface area contributed by atoms with Gasteiger partial charge in [0, 0.05) is 30.4 Å². The number of anilines is 1. The molecule has 7 nitrogen and oxygen atoms in total. The summed E-state index contributed by atoms with van der Waals surface area (Å²) in [6.07, 6.45) is -1.47. The van der Waals surface area contributed by atoms with Crippen LogP contribution in [0.25, 0.3) is 0 Å². The van der Waals surface area contributed by atoms with E-state index in [2.05, 4.69) is 32.5 Å². The van der Waals surface area contributed by atoms with E-state index in [1.807, 2.05) is 0 Å². The Morgan fingerprint density at radius 1 is 1.21 bits per heavy atom. The normalized spacial score (nSPS) is 27.5. The highest BCUT2D eigenvalue weighted by atomic mass is 19.4. The first-order chi connectivity index (χ1) is 15.7. The Kier molecular flexibility index (Phi) is 6.84. The first kappa shape index (κ1) is 23.8. The molecule has 3 fully saturated rings. The largest absolute Gasteiger partial charge is 0.407 e. The third kappa shape index (κ3) is 5.26. The first-order valence-corrected chi connectivity index (χ1v) is 11.6. The summed E-state index contributed by atoms with van der Waals surface area (Å²) in [5.74, 6) is 0.0395. The molecular weight excluding hydrogens is 433 g/mol. The van der Waals surface area contributed by atoms with Gasteiger partial charge in [-0.2, -0.15) is 18.4 Å². The fourth-order valence-electron chi connectivity index (χ4n) is 5.03. The number of rotatable bonds is 8. The number of hydrogen-bond donors (Lipinski definition) is 4. The van der Waals surface area contributed by atoms with Gasteiger partial charge in [0.1, 0.15) is 12.2 Å². The van der Waals surface area contributed by atoms with E-state index in [0.29, 0.717) is 24.6 Å². The number of carbonyl (C=O) groups excluding carboxylic acids is 1. The molecule has 1 saturated carbocycles. The molecule has 33 heavy (non-hydrogen) atoms. The summed E-state index contributed by atoms with van der Waals surface area (Å²) in [5, 5.41) is 20.2. The van der Waals surface area contributed by atoms with Gasteiger partial charge in [-0.25, -0.2) is 10.4 Å². The number of nitrogens with zero attached hydrogens (tertiary/aromatic N) is 2. The lowest BCUT2D eigenvalue weighted by Gasteiger charge is -2.34. The van der Waals surface area contributed by atoms with Crippen LogP contribution in [-0.4, -0.2) is 47.9 Å². The van der Waals surface area contributed by atoms with Crippen molar-refractivity contribution < 1.29 is 18.0 Å². The fourth-order valence-corrected chi connectivity index (χ4v) is 5.03. The van der Waals surface area contributed by atoms with E-state index in [4.69, 9.17) is 0 Å². The Morgan fingerprint density at radius 2 is 1.91 bits per heavy atom. The molecule has 1 amide bonds. The van der Waals surface area contributed by atoms with Crippen molar-refractivity contribution in [2.45, 2.75) is 76.0 Å². The van der Waals surface area contributed by atoms with Crippen LogP contribution >= 0.6 is 0 Å². The summed E-state index contributed by atoms with van der Waals surface area (Å²) in [5.41, 5.74) is 4.19. The monoisotopic (exact) mass is 464 g/mol. The van der Waals surface area contributed by atoms with Gasteiger partial charge in [0.2, 0.25) is 5.91 Å². The highest BCUT2D eigenvalue weighted by Crippen LogP contribution is 2.41. The van der Waals surface area contributed by atoms with E-state index >= 15 is 0 Å². The molecule has 1 aromatic carbocycles. The molecule has 180 valence electrons. The van der Waals surface area contributed by atoms with E-state index in [0.717, 1.165) is 19.3 Å². The van der Waals surface area contributed by atoms with Crippen molar-refractivity contribution in [2.75, 3.05) is 11.9 Å². The SMILES string of the molecule is CC(C)NC(c1ccc(NC2NN([C@@H](CC#N)C3CC3)C3CCNC(=O)C23)cc1)C(F)(F)F. The molecule has 3 aliphatic rings. The Bertz CT molecular complexity index is 880. The highest BCUT2D eigenvalue weighted by molar-refractivity contribution is 5.82. The van der Waals surface area contributed by atoms with E-state index in [1.54, 1.807) is 26.0 Å². The number of hydrogen-bond acceptors (Lipinski definition) is 6. The van der Waals surface area contributed by atoms with Crippen molar-refractivity contribution >= 4 is 11.6 Å². The summed E-state index contributed by atoms with van der Waals surface area (Å²) in [6.45, 7) is 3.95. The topological polar surface area (TPSA) is 92.2 Å². The molecule has 10 heteroatoms. The number of fused-ring (bicyclic) bond motifs is 1. The summed E-state index contributed by atoms with van der Waals surface area (Å²) >= 11 is 0. The van der Waals surface area contributed by atoms with Crippen molar-refractivity contribution in [3.05, 3.63) is 29.8 Å². The third-order valence-electron chi connectivity index (χ3n) is 6.68. The molecule has 4 N–H and O–H groups in total. The molecule has 5 atom stereocenters. The summed E-state index contributed by atoms with van der Waals surface area (Å²) < 4.78 is 40.5. The molecule has 0 bridgehead atoms. The molecule has 0 aromatic heterocycles. The zero-order valence-corrected chi connectivity index (χ0v) is 18.8. The number of hydrazine groups is 1. The quantitative estimate of drug-likeness (QED) is 0.473. The predicted molar refractivity (Wildman–Crippen MR) is 118 cm³/mol. The second kappa shape index (κ2) is 9.49. The fraction of sp³-hybridized carbons (Fsp3) is 0.652. The number of nitrogens with one attached hydrogen (secondary N) is 4. The van der Waals surface area contributed by atoms with Gasteiger partial charge in [-0.15, -0.1) is 0 Å². The van der Waals surface area contributed by atoms with Crippen LogP contribution in [0.1, 0.15) is 51.1 Å². The minimum Gasteiger partial charge on any atom is -0.368 e. The molecule has 0 spiro atoms. The first-order valence-electron chi connectivity index (χ1n) is 11.6. The summed E-state index contributed by atoms with van der Waals surface area (Å²) in [4.78, 5) is 12.7. The van der Waals surface area contributed by atoms with Crippen LogP contribution in [0.4, 0.5) is 18.9 Å².